The fourth-order valence-electron chi connectivity index (χ4n) is 2.28. The Hall–Kier alpha value is -1.39. The van der Waals surface area contributed by atoms with E-state index in [0.29, 0.717) is 6.61 Å². The Morgan fingerprint density at radius 2 is 1.96 bits per heavy atom. The SMILES string of the molecule is CCC(=S)Nc1cc(Br)ccc1COc1ccc(CC)cc1C. The van der Waals surface area contributed by atoms with Crippen LogP contribution >= 0.6 is 28.1 Å². The van der Waals surface area contributed by atoms with Crippen molar-refractivity contribution in [3.63, 3.8) is 0 Å². The molecule has 2 nitrogen and oxygen atoms in total. The Bertz CT molecular complexity index is 700. The highest BCUT2D eigenvalue weighted by molar-refractivity contribution is 9.10. The summed E-state index contributed by atoms with van der Waals surface area (Å²) in [7, 11) is 0. The summed E-state index contributed by atoms with van der Waals surface area (Å²) in [6, 6.07) is 12.5. The van der Waals surface area contributed by atoms with Crippen LogP contribution in [0.5, 0.6) is 5.75 Å². The molecule has 23 heavy (non-hydrogen) atoms. The highest BCUT2D eigenvalue weighted by Gasteiger charge is 2.07. The lowest BCUT2D eigenvalue weighted by Gasteiger charge is -2.15. The van der Waals surface area contributed by atoms with Crippen molar-refractivity contribution < 1.29 is 4.74 Å². The first-order valence-electron chi connectivity index (χ1n) is 7.84. The first-order chi connectivity index (χ1) is 11.0. The van der Waals surface area contributed by atoms with Crippen molar-refractivity contribution in [2.75, 3.05) is 5.32 Å². The molecule has 1 N–H and O–H groups in total. The Kier molecular flexibility index (Phi) is 6.60. The van der Waals surface area contributed by atoms with Gasteiger partial charge in [-0.05, 0) is 49.1 Å². The fraction of sp³-hybridized carbons (Fsp3) is 0.316. The quantitative estimate of drug-likeness (QED) is 0.605. The van der Waals surface area contributed by atoms with E-state index in [1.54, 1.807) is 0 Å². The zero-order valence-electron chi connectivity index (χ0n) is 13.8. The van der Waals surface area contributed by atoms with Gasteiger partial charge in [-0.15, -0.1) is 0 Å². The molecule has 2 aromatic rings. The van der Waals surface area contributed by atoms with Gasteiger partial charge in [0.1, 0.15) is 12.4 Å². The summed E-state index contributed by atoms with van der Waals surface area (Å²) in [6.45, 7) is 6.80. The number of anilines is 1. The number of nitrogens with one attached hydrogen (secondary N) is 1. The summed E-state index contributed by atoms with van der Waals surface area (Å²) in [5.41, 5.74) is 4.58. The molecule has 0 aliphatic rings. The number of benzene rings is 2. The first kappa shape index (κ1) is 18.0. The predicted molar refractivity (Wildman–Crippen MR) is 106 cm³/mol. The number of hydrogen-bond donors (Lipinski definition) is 1. The number of rotatable bonds is 6. The number of hydrogen-bond acceptors (Lipinski definition) is 2. The van der Waals surface area contributed by atoms with E-state index in [2.05, 4.69) is 59.4 Å². The molecule has 0 aliphatic carbocycles. The third kappa shape index (κ3) is 5.05. The molecule has 0 unspecified atom stereocenters. The van der Waals surface area contributed by atoms with Crippen LogP contribution in [0.25, 0.3) is 0 Å². The van der Waals surface area contributed by atoms with Crippen molar-refractivity contribution >= 4 is 38.8 Å². The van der Waals surface area contributed by atoms with E-state index in [0.717, 1.165) is 39.3 Å². The van der Waals surface area contributed by atoms with Crippen LogP contribution in [0.2, 0.25) is 0 Å². The molecule has 0 atom stereocenters. The lowest BCUT2D eigenvalue weighted by Crippen LogP contribution is -2.10. The molecule has 0 heterocycles. The van der Waals surface area contributed by atoms with Gasteiger partial charge < -0.3 is 10.1 Å². The molecule has 0 aromatic heterocycles. The van der Waals surface area contributed by atoms with Crippen LogP contribution in [0.4, 0.5) is 5.69 Å². The van der Waals surface area contributed by atoms with Gasteiger partial charge in [0.2, 0.25) is 0 Å². The second-order valence-electron chi connectivity index (χ2n) is 5.45. The zero-order valence-corrected chi connectivity index (χ0v) is 16.2. The van der Waals surface area contributed by atoms with Gasteiger partial charge in [-0.3, -0.25) is 0 Å². The minimum atomic E-state index is 0.508. The van der Waals surface area contributed by atoms with Crippen molar-refractivity contribution in [3.05, 3.63) is 57.6 Å². The van der Waals surface area contributed by atoms with E-state index >= 15 is 0 Å². The highest BCUT2D eigenvalue weighted by atomic mass is 79.9. The molecule has 0 aliphatic heterocycles. The maximum atomic E-state index is 6.02. The van der Waals surface area contributed by atoms with Crippen LogP contribution < -0.4 is 10.1 Å². The Morgan fingerprint density at radius 3 is 2.61 bits per heavy atom. The predicted octanol–water partition coefficient (Wildman–Crippen LogP) is 6.05. The summed E-state index contributed by atoms with van der Waals surface area (Å²) in [5.74, 6) is 0.925. The van der Waals surface area contributed by atoms with Crippen molar-refractivity contribution in [2.24, 2.45) is 0 Å². The number of ether oxygens (including phenoxy) is 1. The Balaban J connectivity index is 2.15. The Labute approximate surface area is 152 Å². The van der Waals surface area contributed by atoms with Gasteiger partial charge in [0, 0.05) is 15.7 Å². The van der Waals surface area contributed by atoms with E-state index in [1.165, 1.54) is 11.1 Å². The number of aryl methyl sites for hydroxylation is 2. The van der Waals surface area contributed by atoms with Crippen molar-refractivity contribution in [1.29, 1.82) is 0 Å². The molecule has 0 spiro atoms. The summed E-state index contributed by atoms with van der Waals surface area (Å²) in [5, 5.41) is 3.29. The second kappa shape index (κ2) is 8.46. The van der Waals surface area contributed by atoms with Crippen LogP contribution in [-0.2, 0) is 13.0 Å². The van der Waals surface area contributed by atoms with E-state index in [9.17, 15) is 0 Å². The van der Waals surface area contributed by atoms with Crippen molar-refractivity contribution in [3.8, 4) is 5.75 Å². The van der Waals surface area contributed by atoms with Gasteiger partial charge >= 0.3 is 0 Å². The topological polar surface area (TPSA) is 21.3 Å². The van der Waals surface area contributed by atoms with Gasteiger partial charge in [0.25, 0.3) is 0 Å². The van der Waals surface area contributed by atoms with Gasteiger partial charge in [-0.2, -0.15) is 0 Å². The van der Waals surface area contributed by atoms with Gasteiger partial charge in [-0.1, -0.05) is 60.2 Å². The molecule has 0 radical (unpaired) electrons. The third-order valence-electron chi connectivity index (χ3n) is 3.70. The smallest absolute Gasteiger partial charge is 0.122 e. The summed E-state index contributed by atoms with van der Waals surface area (Å²) < 4.78 is 7.04. The van der Waals surface area contributed by atoms with Crippen LogP contribution in [-0.4, -0.2) is 4.99 Å². The van der Waals surface area contributed by atoms with E-state index < -0.39 is 0 Å². The van der Waals surface area contributed by atoms with Gasteiger partial charge in [-0.25, -0.2) is 0 Å². The summed E-state index contributed by atoms with van der Waals surface area (Å²) in [4.78, 5) is 0.827. The third-order valence-corrected chi connectivity index (χ3v) is 4.58. The summed E-state index contributed by atoms with van der Waals surface area (Å²) >= 11 is 8.81. The lowest BCUT2D eigenvalue weighted by molar-refractivity contribution is 0.304. The molecular formula is C19H22BrNOS. The van der Waals surface area contributed by atoms with Crippen molar-refractivity contribution in [2.45, 2.75) is 40.2 Å². The van der Waals surface area contributed by atoms with Crippen LogP contribution in [0, 0.1) is 6.92 Å². The van der Waals surface area contributed by atoms with Gasteiger partial charge in [0.15, 0.2) is 0 Å². The average molecular weight is 392 g/mol. The van der Waals surface area contributed by atoms with E-state index in [-0.39, 0.29) is 0 Å². The molecule has 0 bridgehead atoms. The maximum Gasteiger partial charge on any atom is 0.122 e. The van der Waals surface area contributed by atoms with Gasteiger partial charge in [0.05, 0.1) is 4.99 Å². The minimum absolute atomic E-state index is 0.508. The van der Waals surface area contributed by atoms with Crippen molar-refractivity contribution in [1.82, 2.24) is 0 Å². The Morgan fingerprint density at radius 1 is 1.17 bits per heavy atom. The molecule has 0 saturated heterocycles. The van der Waals surface area contributed by atoms with Crippen LogP contribution in [0.15, 0.2) is 40.9 Å². The molecule has 2 rings (SSSR count). The second-order valence-corrected chi connectivity index (χ2v) is 6.85. The molecule has 122 valence electrons. The molecule has 0 fully saturated rings. The standard InChI is InChI=1S/C19H22BrNOS/c1-4-14-6-9-18(13(3)10-14)22-12-15-7-8-16(20)11-17(15)21-19(23)5-2/h6-11H,4-5,12H2,1-3H3,(H,21,23). The molecule has 0 amide bonds. The molecular weight excluding hydrogens is 370 g/mol. The maximum absolute atomic E-state index is 6.02. The number of thiocarbonyl (C=S) groups is 1. The molecule has 0 saturated carbocycles. The minimum Gasteiger partial charge on any atom is -0.489 e. The average Bonchev–Trinajstić information content (AvgIpc) is 2.54. The van der Waals surface area contributed by atoms with Crippen LogP contribution in [0.3, 0.4) is 0 Å². The fourth-order valence-corrected chi connectivity index (χ4v) is 2.75. The molecule has 4 heteroatoms. The summed E-state index contributed by atoms with van der Waals surface area (Å²) in [6.07, 6.45) is 1.86. The number of halogens is 1. The van der Waals surface area contributed by atoms with E-state index in [4.69, 9.17) is 17.0 Å². The first-order valence-corrected chi connectivity index (χ1v) is 9.04. The normalized spacial score (nSPS) is 10.4. The largest absolute Gasteiger partial charge is 0.489 e. The lowest BCUT2D eigenvalue weighted by atomic mass is 10.1. The highest BCUT2D eigenvalue weighted by Crippen LogP contribution is 2.25. The zero-order chi connectivity index (χ0) is 16.8. The molecule has 2 aromatic carbocycles. The van der Waals surface area contributed by atoms with E-state index in [1.807, 2.05) is 19.1 Å². The van der Waals surface area contributed by atoms with Crippen LogP contribution in [0.1, 0.15) is 37.0 Å². The monoisotopic (exact) mass is 391 g/mol.